The summed E-state index contributed by atoms with van der Waals surface area (Å²) in [6.45, 7) is 7.59. The van der Waals surface area contributed by atoms with Crippen LogP contribution in [-0.2, 0) is 6.54 Å². The molecule has 1 aromatic heterocycles. The van der Waals surface area contributed by atoms with Gasteiger partial charge in [0, 0.05) is 56.6 Å². The van der Waals surface area contributed by atoms with E-state index >= 15 is 0 Å². The van der Waals surface area contributed by atoms with Crippen molar-refractivity contribution in [2.75, 3.05) is 44.6 Å². The molecule has 31 heavy (non-hydrogen) atoms. The monoisotopic (exact) mass is 432 g/mol. The molecule has 1 aliphatic rings. The smallest absolute Gasteiger partial charge is 0.0730 e. The molecule has 2 heterocycles. The SMILES string of the molecule is Cl.c1ccc(CN2CCN(CCNc3c4ccccc4nc4ccccc34)CC2)cc1. The third-order valence-electron chi connectivity index (χ3n) is 6.03. The van der Waals surface area contributed by atoms with Gasteiger partial charge < -0.3 is 5.32 Å². The predicted octanol–water partition coefficient (Wildman–Crippen LogP) is 5.04. The maximum Gasteiger partial charge on any atom is 0.0730 e. The van der Waals surface area contributed by atoms with Crippen LogP contribution in [0, 0.1) is 0 Å². The molecule has 5 heteroatoms. The lowest BCUT2D eigenvalue weighted by molar-refractivity contribution is 0.130. The molecule has 1 N–H and O–H groups in total. The molecular formula is C26H29ClN4. The summed E-state index contributed by atoms with van der Waals surface area (Å²) in [6.07, 6.45) is 0. The standard InChI is InChI=1S/C26H28N4.ClH/c1-2-8-21(9-3-1)20-30-18-16-29(17-19-30)15-14-27-26-22-10-4-6-12-24(22)28-25-13-7-5-11-23(25)26;/h1-13H,14-20H2,(H,27,28);1H. The fourth-order valence-electron chi connectivity index (χ4n) is 4.38. The quantitative estimate of drug-likeness (QED) is 0.432. The van der Waals surface area contributed by atoms with Gasteiger partial charge in [-0.1, -0.05) is 66.7 Å². The number of rotatable bonds is 6. The number of hydrogen-bond acceptors (Lipinski definition) is 4. The van der Waals surface area contributed by atoms with E-state index in [1.54, 1.807) is 0 Å². The highest BCUT2D eigenvalue weighted by atomic mass is 35.5. The third-order valence-corrected chi connectivity index (χ3v) is 6.03. The van der Waals surface area contributed by atoms with Crippen LogP contribution in [0.1, 0.15) is 5.56 Å². The van der Waals surface area contributed by atoms with E-state index in [0.717, 1.165) is 56.8 Å². The van der Waals surface area contributed by atoms with Crippen LogP contribution in [0.2, 0.25) is 0 Å². The molecule has 0 saturated carbocycles. The van der Waals surface area contributed by atoms with Crippen LogP contribution in [-0.4, -0.2) is 54.1 Å². The zero-order chi connectivity index (χ0) is 20.2. The Balaban J connectivity index is 0.00000231. The van der Waals surface area contributed by atoms with Gasteiger partial charge in [-0.3, -0.25) is 9.80 Å². The van der Waals surface area contributed by atoms with Crippen molar-refractivity contribution in [3.05, 3.63) is 84.4 Å². The largest absolute Gasteiger partial charge is 0.383 e. The zero-order valence-electron chi connectivity index (χ0n) is 17.7. The van der Waals surface area contributed by atoms with E-state index in [-0.39, 0.29) is 12.4 Å². The topological polar surface area (TPSA) is 31.4 Å². The molecule has 160 valence electrons. The molecule has 4 nitrogen and oxygen atoms in total. The Kier molecular flexibility index (Phi) is 7.03. The summed E-state index contributed by atoms with van der Waals surface area (Å²) in [5, 5.41) is 6.13. The van der Waals surface area contributed by atoms with Gasteiger partial charge in [-0.15, -0.1) is 12.4 Å². The van der Waals surface area contributed by atoms with Gasteiger partial charge in [0.25, 0.3) is 0 Å². The van der Waals surface area contributed by atoms with Crippen LogP contribution >= 0.6 is 12.4 Å². The van der Waals surface area contributed by atoms with Gasteiger partial charge in [-0.2, -0.15) is 0 Å². The second-order valence-corrected chi connectivity index (χ2v) is 8.05. The van der Waals surface area contributed by atoms with Crippen molar-refractivity contribution < 1.29 is 0 Å². The van der Waals surface area contributed by atoms with Crippen molar-refractivity contribution in [2.45, 2.75) is 6.54 Å². The summed E-state index contributed by atoms with van der Waals surface area (Å²) < 4.78 is 0. The Morgan fingerprint density at radius 3 is 1.87 bits per heavy atom. The first-order valence-electron chi connectivity index (χ1n) is 10.9. The van der Waals surface area contributed by atoms with Crippen LogP contribution in [0.3, 0.4) is 0 Å². The fraction of sp³-hybridized carbons (Fsp3) is 0.269. The summed E-state index contributed by atoms with van der Waals surface area (Å²) in [4.78, 5) is 9.95. The van der Waals surface area contributed by atoms with E-state index in [9.17, 15) is 0 Å². The van der Waals surface area contributed by atoms with Crippen LogP contribution in [0.5, 0.6) is 0 Å². The number of fused-ring (bicyclic) bond motifs is 2. The Morgan fingerprint density at radius 1 is 0.677 bits per heavy atom. The normalized spacial score (nSPS) is 15.1. The highest BCUT2D eigenvalue weighted by Crippen LogP contribution is 2.30. The van der Waals surface area contributed by atoms with Gasteiger partial charge in [-0.05, 0) is 17.7 Å². The van der Waals surface area contributed by atoms with Gasteiger partial charge in [-0.25, -0.2) is 4.98 Å². The lowest BCUT2D eigenvalue weighted by Crippen LogP contribution is -2.47. The Bertz CT molecular complexity index is 1070. The summed E-state index contributed by atoms with van der Waals surface area (Å²) in [6, 6.07) is 27.6. The third kappa shape index (κ3) is 4.99. The number of anilines is 1. The lowest BCUT2D eigenvalue weighted by atomic mass is 10.1. The number of pyridine rings is 1. The number of hydrogen-bond donors (Lipinski definition) is 1. The highest BCUT2D eigenvalue weighted by Gasteiger charge is 2.17. The molecule has 0 bridgehead atoms. The Morgan fingerprint density at radius 2 is 1.23 bits per heavy atom. The van der Waals surface area contributed by atoms with Crippen molar-refractivity contribution in [1.82, 2.24) is 14.8 Å². The Labute approximate surface area is 190 Å². The van der Waals surface area contributed by atoms with Crippen LogP contribution in [0.25, 0.3) is 21.8 Å². The molecule has 0 spiro atoms. The maximum absolute atomic E-state index is 4.82. The van der Waals surface area contributed by atoms with Crippen molar-refractivity contribution in [2.24, 2.45) is 0 Å². The summed E-state index contributed by atoms with van der Waals surface area (Å²) >= 11 is 0. The average Bonchev–Trinajstić information content (AvgIpc) is 2.80. The molecule has 3 aromatic carbocycles. The molecule has 0 unspecified atom stereocenters. The number of nitrogens with one attached hydrogen (secondary N) is 1. The molecule has 0 atom stereocenters. The summed E-state index contributed by atoms with van der Waals surface area (Å²) in [5.41, 5.74) is 4.71. The van der Waals surface area contributed by atoms with Crippen molar-refractivity contribution in [3.63, 3.8) is 0 Å². The fourth-order valence-corrected chi connectivity index (χ4v) is 4.38. The van der Waals surface area contributed by atoms with Gasteiger partial charge in [0.1, 0.15) is 0 Å². The molecule has 0 amide bonds. The summed E-state index contributed by atoms with van der Waals surface area (Å²) in [7, 11) is 0. The van der Waals surface area contributed by atoms with Crippen LogP contribution in [0.15, 0.2) is 78.9 Å². The molecule has 1 fully saturated rings. The van der Waals surface area contributed by atoms with E-state index in [2.05, 4.69) is 94.0 Å². The Hall–Kier alpha value is -2.66. The second-order valence-electron chi connectivity index (χ2n) is 8.05. The number of para-hydroxylation sites is 2. The number of nitrogens with zero attached hydrogens (tertiary/aromatic N) is 3. The number of aromatic nitrogens is 1. The minimum Gasteiger partial charge on any atom is -0.383 e. The van der Waals surface area contributed by atoms with E-state index < -0.39 is 0 Å². The second kappa shape index (κ2) is 10.1. The average molecular weight is 433 g/mol. The maximum atomic E-state index is 4.82. The molecule has 1 saturated heterocycles. The van der Waals surface area contributed by atoms with Gasteiger partial charge in [0.2, 0.25) is 0 Å². The van der Waals surface area contributed by atoms with Crippen molar-refractivity contribution in [1.29, 1.82) is 0 Å². The first kappa shape index (κ1) is 21.6. The molecule has 4 aromatic rings. The van der Waals surface area contributed by atoms with Gasteiger partial charge in [0.05, 0.1) is 16.7 Å². The lowest BCUT2D eigenvalue weighted by Gasteiger charge is -2.34. The van der Waals surface area contributed by atoms with E-state index in [1.165, 1.54) is 22.0 Å². The molecule has 0 radical (unpaired) electrons. The first-order valence-corrected chi connectivity index (χ1v) is 10.9. The van der Waals surface area contributed by atoms with E-state index in [4.69, 9.17) is 4.98 Å². The van der Waals surface area contributed by atoms with Crippen LogP contribution in [0.4, 0.5) is 5.69 Å². The zero-order valence-corrected chi connectivity index (χ0v) is 18.5. The molecular weight excluding hydrogens is 404 g/mol. The summed E-state index contributed by atoms with van der Waals surface area (Å²) in [5.74, 6) is 0. The van der Waals surface area contributed by atoms with E-state index in [0.29, 0.717) is 0 Å². The highest BCUT2D eigenvalue weighted by molar-refractivity contribution is 6.07. The number of halogens is 1. The van der Waals surface area contributed by atoms with E-state index in [1.807, 2.05) is 0 Å². The molecule has 5 rings (SSSR count). The van der Waals surface area contributed by atoms with Gasteiger partial charge in [0.15, 0.2) is 0 Å². The minimum absolute atomic E-state index is 0. The van der Waals surface area contributed by atoms with Crippen molar-refractivity contribution >= 4 is 39.9 Å². The first-order chi connectivity index (χ1) is 14.9. The number of benzene rings is 3. The number of piperazine rings is 1. The van der Waals surface area contributed by atoms with Crippen LogP contribution < -0.4 is 5.32 Å². The van der Waals surface area contributed by atoms with Crippen molar-refractivity contribution in [3.8, 4) is 0 Å². The minimum atomic E-state index is 0. The predicted molar refractivity (Wildman–Crippen MR) is 133 cm³/mol. The van der Waals surface area contributed by atoms with Gasteiger partial charge >= 0.3 is 0 Å². The molecule has 1 aliphatic heterocycles. The molecule has 0 aliphatic carbocycles.